The third-order valence-electron chi connectivity index (χ3n) is 3.11. The molecule has 0 aliphatic carbocycles. The second-order valence-corrected chi connectivity index (χ2v) is 5.43. The summed E-state index contributed by atoms with van der Waals surface area (Å²) >= 11 is 11.4. The summed E-state index contributed by atoms with van der Waals surface area (Å²) in [5.41, 5.74) is 1.93. The van der Waals surface area contributed by atoms with E-state index in [-0.39, 0.29) is 6.10 Å². The molecule has 2 N–H and O–H groups in total. The van der Waals surface area contributed by atoms with E-state index < -0.39 is 0 Å². The maximum Gasteiger partial charge on any atom is 0.173 e. The Morgan fingerprint density at radius 2 is 2.33 bits per heavy atom. The first-order chi connectivity index (χ1) is 8.56. The highest BCUT2D eigenvalue weighted by atomic mass is 35.5. The van der Waals surface area contributed by atoms with Gasteiger partial charge in [0.15, 0.2) is 5.11 Å². The van der Waals surface area contributed by atoms with Crippen LogP contribution in [0.2, 0.25) is 5.02 Å². The van der Waals surface area contributed by atoms with Crippen LogP contribution in [0.3, 0.4) is 0 Å². The largest absolute Gasteiger partial charge is 0.391 e. The van der Waals surface area contributed by atoms with Gasteiger partial charge in [0.2, 0.25) is 0 Å². The molecule has 98 valence electrons. The molecule has 1 saturated heterocycles. The summed E-state index contributed by atoms with van der Waals surface area (Å²) in [7, 11) is 0. The first-order valence-electron chi connectivity index (χ1n) is 6.06. The average Bonchev–Trinajstić information content (AvgIpc) is 2.34. The Labute approximate surface area is 118 Å². The third-order valence-corrected chi connectivity index (χ3v) is 3.87. The van der Waals surface area contributed by atoms with Crippen LogP contribution < -0.4 is 5.32 Å². The molecule has 5 heteroatoms. The van der Waals surface area contributed by atoms with Gasteiger partial charge in [-0.25, -0.2) is 0 Å². The number of nitrogens with one attached hydrogen (secondary N) is 1. The number of aliphatic hydroxyl groups is 1. The number of anilines is 1. The van der Waals surface area contributed by atoms with Crippen molar-refractivity contribution in [2.45, 2.75) is 25.9 Å². The van der Waals surface area contributed by atoms with Gasteiger partial charge in [0.25, 0.3) is 0 Å². The minimum atomic E-state index is -0.278. The lowest BCUT2D eigenvalue weighted by Crippen LogP contribution is -2.44. The number of aryl methyl sites for hydroxylation is 1. The van der Waals surface area contributed by atoms with Crippen molar-refractivity contribution < 1.29 is 5.11 Å². The lowest BCUT2D eigenvalue weighted by molar-refractivity contribution is 0.104. The molecular weight excluding hydrogens is 268 g/mol. The highest BCUT2D eigenvalue weighted by molar-refractivity contribution is 7.80. The van der Waals surface area contributed by atoms with Crippen LogP contribution in [-0.4, -0.2) is 34.3 Å². The predicted molar refractivity (Wildman–Crippen MR) is 79.2 cm³/mol. The van der Waals surface area contributed by atoms with Gasteiger partial charge in [-0.2, -0.15) is 0 Å². The third kappa shape index (κ3) is 3.34. The highest BCUT2D eigenvalue weighted by Gasteiger charge is 2.19. The molecule has 1 atom stereocenters. The minimum Gasteiger partial charge on any atom is -0.391 e. The van der Waals surface area contributed by atoms with E-state index in [1.807, 2.05) is 30.0 Å². The molecule has 3 nitrogen and oxygen atoms in total. The van der Waals surface area contributed by atoms with Gasteiger partial charge in [0, 0.05) is 23.8 Å². The van der Waals surface area contributed by atoms with Crippen molar-refractivity contribution in [3.05, 3.63) is 28.8 Å². The Hall–Kier alpha value is -0.840. The van der Waals surface area contributed by atoms with Gasteiger partial charge >= 0.3 is 0 Å². The quantitative estimate of drug-likeness (QED) is 0.778. The molecule has 0 bridgehead atoms. The lowest BCUT2D eigenvalue weighted by atomic mass is 10.1. The molecule has 0 saturated carbocycles. The van der Waals surface area contributed by atoms with E-state index in [0.717, 1.165) is 35.7 Å². The Bertz CT molecular complexity index is 453. The first-order valence-corrected chi connectivity index (χ1v) is 6.85. The lowest BCUT2D eigenvalue weighted by Gasteiger charge is -2.32. The van der Waals surface area contributed by atoms with Crippen LogP contribution in [0, 0.1) is 6.92 Å². The van der Waals surface area contributed by atoms with E-state index >= 15 is 0 Å². The molecule has 0 amide bonds. The number of halogens is 1. The predicted octanol–water partition coefficient (Wildman–Crippen LogP) is 2.80. The number of thiocarbonyl (C=S) groups is 1. The van der Waals surface area contributed by atoms with E-state index in [9.17, 15) is 5.11 Å². The van der Waals surface area contributed by atoms with Crippen molar-refractivity contribution in [1.29, 1.82) is 0 Å². The molecule has 1 aromatic carbocycles. The standard InChI is InChI=1S/C13H17ClN2OS/c1-9-4-5-10(7-12(9)14)15-13(18)16-6-2-3-11(17)8-16/h4-5,7,11,17H,2-3,6,8H2,1H3,(H,15,18)/t11-/m1/s1. The zero-order valence-electron chi connectivity index (χ0n) is 10.3. The Morgan fingerprint density at radius 1 is 1.56 bits per heavy atom. The SMILES string of the molecule is Cc1ccc(NC(=S)N2CCC[C@@H](O)C2)cc1Cl. The second kappa shape index (κ2) is 5.87. The number of piperidine rings is 1. The summed E-state index contributed by atoms with van der Waals surface area (Å²) in [6.07, 6.45) is 1.55. The average molecular weight is 285 g/mol. The van der Waals surface area contributed by atoms with Crippen LogP contribution >= 0.6 is 23.8 Å². The molecule has 0 unspecified atom stereocenters. The zero-order valence-corrected chi connectivity index (χ0v) is 11.9. The van der Waals surface area contributed by atoms with Gasteiger partial charge in [-0.15, -0.1) is 0 Å². The molecule has 0 aromatic heterocycles. The molecule has 1 aliphatic rings. The van der Waals surface area contributed by atoms with Crippen molar-refractivity contribution >= 4 is 34.6 Å². The van der Waals surface area contributed by atoms with Crippen LogP contribution in [0.1, 0.15) is 18.4 Å². The summed E-state index contributed by atoms with van der Waals surface area (Å²) in [4.78, 5) is 2.00. The summed E-state index contributed by atoms with van der Waals surface area (Å²) in [5, 5.41) is 14.2. The highest BCUT2D eigenvalue weighted by Crippen LogP contribution is 2.20. The normalized spacial score (nSPS) is 19.7. The first kappa shape index (κ1) is 13.6. The fourth-order valence-electron chi connectivity index (χ4n) is 2.01. The van der Waals surface area contributed by atoms with E-state index in [2.05, 4.69) is 5.32 Å². The molecule has 2 rings (SSSR count). The van der Waals surface area contributed by atoms with E-state index in [4.69, 9.17) is 23.8 Å². The number of β-amino-alcohol motifs (C(OH)–C–C–N with tert-alkyl or cyclic N) is 1. The molecule has 0 radical (unpaired) electrons. The number of hydrogen-bond acceptors (Lipinski definition) is 2. The van der Waals surface area contributed by atoms with Gasteiger partial charge in [0.1, 0.15) is 0 Å². The maximum absolute atomic E-state index is 9.62. The van der Waals surface area contributed by atoms with E-state index in [1.54, 1.807) is 0 Å². The monoisotopic (exact) mass is 284 g/mol. The molecule has 0 spiro atoms. The number of rotatable bonds is 1. The summed E-state index contributed by atoms with van der Waals surface area (Å²) in [5.74, 6) is 0. The van der Waals surface area contributed by atoms with Crippen LogP contribution in [-0.2, 0) is 0 Å². The molecule has 1 aromatic rings. The van der Waals surface area contributed by atoms with Crippen molar-refractivity contribution in [2.24, 2.45) is 0 Å². The smallest absolute Gasteiger partial charge is 0.173 e. The van der Waals surface area contributed by atoms with Crippen LogP contribution in [0.4, 0.5) is 5.69 Å². The maximum atomic E-state index is 9.62. The fraction of sp³-hybridized carbons (Fsp3) is 0.462. The van der Waals surface area contributed by atoms with E-state index in [0.29, 0.717) is 11.7 Å². The number of hydrogen-bond donors (Lipinski definition) is 2. The van der Waals surface area contributed by atoms with Crippen LogP contribution in [0.25, 0.3) is 0 Å². The molecular formula is C13H17ClN2OS. The topological polar surface area (TPSA) is 35.5 Å². The van der Waals surface area contributed by atoms with Gasteiger partial charge in [-0.3, -0.25) is 0 Å². The Balaban J connectivity index is 2.00. The van der Waals surface area contributed by atoms with Crippen molar-refractivity contribution in [2.75, 3.05) is 18.4 Å². The number of nitrogens with zero attached hydrogens (tertiary/aromatic N) is 1. The van der Waals surface area contributed by atoms with Crippen molar-refractivity contribution in [3.63, 3.8) is 0 Å². The second-order valence-electron chi connectivity index (χ2n) is 4.64. The number of likely N-dealkylation sites (tertiary alicyclic amines) is 1. The molecule has 1 fully saturated rings. The van der Waals surface area contributed by atoms with Gasteiger partial charge in [-0.05, 0) is 49.7 Å². The van der Waals surface area contributed by atoms with Crippen molar-refractivity contribution in [1.82, 2.24) is 4.90 Å². The summed E-state index contributed by atoms with van der Waals surface area (Å²) < 4.78 is 0. The van der Waals surface area contributed by atoms with Gasteiger partial charge in [0.05, 0.1) is 6.10 Å². The van der Waals surface area contributed by atoms with Crippen molar-refractivity contribution in [3.8, 4) is 0 Å². The van der Waals surface area contributed by atoms with E-state index in [1.165, 1.54) is 0 Å². The zero-order chi connectivity index (χ0) is 13.1. The molecule has 1 heterocycles. The Kier molecular flexibility index (Phi) is 4.43. The van der Waals surface area contributed by atoms with Crippen LogP contribution in [0.5, 0.6) is 0 Å². The van der Waals surface area contributed by atoms with Gasteiger partial charge < -0.3 is 15.3 Å². The Morgan fingerprint density at radius 3 is 3.00 bits per heavy atom. The number of benzene rings is 1. The number of aliphatic hydroxyl groups excluding tert-OH is 1. The minimum absolute atomic E-state index is 0.278. The van der Waals surface area contributed by atoms with Crippen LogP contribution in [0.15, 0.2) is 18.2 Å². The molecule has 1 aliphatic heterocycles. The fourth-order valence-corrected chi connectivity index (χ4v) is 2.48. The van der Waals surface area contributed by atoms with Gasteiger partial charge in [-0.1, -0.05) is 17.7 Å². The summed E-state index contributed by atoms with van der Waals surface area (Å²) in [6.45, 7) is 3.46. The molecule has 18 heavy (non-hydrogen) atoms. The summed E-state index contributed by atoms with van der Waals surface area (Å²) in [6, 6.07) is 5.77.